The molecule has 0 fully saturated rings. The second kappa shape index (κ2) is 4.87. The number of fused-ring (bicyclic) bond motifs is 1. The fourth-order valence-corrected chi connectivity index (χ4v) is 1.62. The van der Waals surface area contributed by atoms with Crippen molar-refractivity contribution in [2.45, 2.75) is 6.42 Å². The van der Waals surface area contributed by atoms with Gasteiger partial charge in [-0.1, -0.05) is 6.07 Å². The maximum atomic E-state index is 13.4. The summed E-state index contributed by atoms with van der Waals surface area (Å²) in [5.41, 5.74) is 0.735. The van der Waals surface area contributed by atoms with Gasteiger partial charge in [-0.3, -0.25) is 9.59 Å². The summed E-state index contributed by atoms with van der Waals surface area (Å²) in [5, 5.41) is 11.2. The Labute approximate surface area is 102 Å². The van der Waals surface area contributed by atoms with Crippen molar-refractivity contribution in [3.63, 3.8) is 0 Å². The summed E-state index contributed by atoms with van der Waals surface area (Å²) in [6.07, 6.45) is -0.152. The molecule has 0 unspecified atom stereocenters. The van der Waals surface area contributed by atoms with E-state index in [0.29, 0.717) is 10.9 Å². The summed E-state index contributed by atoms with van der Waals surface area (Å²) in [6.45, 7) is 0.0337. The molecule has 1 aromatic carbocycles. The Morgan fingerprint density at radius 3 is 2.83 bits per heavy atom. The molecule has 5 nitrogen and oxygen atoms in total. The van der Waals surface area contributed by atoms with E-state index >= 15 is 0 Å². The van der Waals surface area contributed by atoms with E-state index in [4.69, 9.17) is 5.11 Å². The number of nitrogens with one attached hydrogen (secondary N) is 2. The highest BCUT2D eigenvalue weighted by atomic mass is 19.1. The summed E-state index contributed by atoms with van der Waals surface area (Å²) in [6, 6.07) is 5.91. The molecule has 94 valence electrons. The normalized spacial score (nSPS) is 10.5. The second-order valence-electron chi connectivity index (χ2n) is 3.78. The molecule has 18 heavy (non-hydrogen) atoms. The van der Waals surface area contributed by atoms with Gasteiger partial charge in [-0.15, -0.1) is 0 Å². The SMILES string of the molecule is O=C(O)CCNC(=O)c1cc2c(F)cccc2[nH]1. The first kappa shape index (κ1) is 12.1. The minimum absolute atomic E-state index is 0.0337. The van der Waals surface area contributed by atoms with Crippen LogP contribution in [0, 0.1) is 5.82 Å². The third kappa shape index (κ3) is 2.48. The molecular formula is C12H11FN2O3. The molecule has 1 aromatic heterocycles. The van der Waals surface area contributed by atoms with E-state index in [1.807, 2.05) is 0 Å². The van der Waals surface area contributed by atoms with Gasteiger partial charge in [0.25, 0.3) is 5.91 Å². The standard InChI is InChI=1S/C12H11FN2O3/c13-8-2-1-3-9-7(8)6-10(15-9)12(18)14-5-4-11(16)17/h1-3,6,15H,4-5H2,(H,14,18)(H,16,17). The van der Waals surface area contributed by atoms with E-state index < -0.39 is 17.7 Å². The quantitative estimate of drug-likeness (QED) is 0.769. The lowest BCUT2D eigenvalue weighted by Crippen LogP contribution is -2.26. The topological polar surface area (TPSA) is 82.2 Å². The van der Waals surface area contributed by atoms with Gasteiger partial charge in [0.1, 0.15) is 11.5 Å². The first-order chi connectivity index (χ1) is 8.58. The number of hydrogen-bond acceptors (Lipinski definition) is 2. The average molecular weight is 250 g/mol. The monoisotopic (exact) mass is 250 g/mol. The lowest BCUT2D eigenvalue weighted by atomic mass is 10.2. The number of halogens is 1. The summed E-state index contributed by atoms with van der Waals surface area (Å²) in [4.78, 5) is 24.7. The first-order valence-corrected chi connectivity index (χ1v) is 5.35. The molecule has 0 aliphatic rings. The highest BCUT2D eigenvalue weighted by Crippen LogP contribution is 2.18. The molecule has 6 heteroatoms. The molecule has 1 amide bonds. The zero-order valence-electron chi connectivity index (χ0n) is 9.37. The van der Waals surface area contributed by atoms with E-state index in [9.17, 15) is 14.0 Å². The van der Waals surface area contributed by atoms with Gasteiger partial charge >= 0.3 is 5.97 Å². The van der Waals surface area contributed by atoms with Crippen LogP contribution in [-0.2, 0) is 4.79 Å². The van der Waals surface area contributed by atoms with Gasteiger partial charge in [-0.25, -0.2) is 4.39 Å². The van der Waals surface area contributed by atoms with Crippen LogP contribution in [0.3, 0.4) is 0 Å². The fourth-order valence-electron chi connectivity index (χ4n) is 1.62. The molecule has 2 rings (SSSR count). The first-order valence-electron chi connectivity index (χ1n) is 5.35. The Morgan fingerprint density at radius 1 is 1.39 bits per heavy atom. The maximum Gasteiger partial charge on any atom is 0.305 e. The number of aromatic nitrogens is 1. The summed E-state index contributed by atoms with van der Waals surface area (Å²) >= 11 is 0. The Bertz CT molecular complexity index is 606. The van der Waals surface area contributed by atoms with Crippen molar-refractivity contribution in [3.8, 4) is 0 Å². The van der Waals surface area contributed by atoms with Gasteiger partial charge in [-0.2, -0.15) is 0 Å². The highest BCUT2D eigenvalue weighted by Gasteiger charge is 2.11. The molecular weight excluding hydrogens is 239 g/mol. The zero-order chi connectivity index (χ0) is 13.1. The number of rotatable bonds is 4. The lowest BCUT2D eigenvalue weighted by molar-refractivity contribution is -0.136. The number of hydrogen-bond donors (Lipinski definition) is 3. The number of H-pyrrole nitrogens is 1. The molecule has 0 aliphatic carbocycles. The minimum Gasteiger partial charge on any atom is -0.481 e. The Hall–Kier alpha value is -2.37. The van der Waals surface area contributed by atoms with Crippen molar-refractivity contribution in [1.82, 2.24) is 10.3 Å². The Balaban J connectivity index is 2.13. The van der Waals surface area contributed by atoms with Gasteiger partial charge in [0, 0.05) is 17.4 Å². The smallest absolute Gasteiger partial charge is 0.305 e. The van der Waals surface area contributed by atoms with Crippen LogP contribution in [0.5, 0.6) is 0 Å². The van der Waals surface area contributed by atoms with Crippen LogP contribution < -0.4 is 5.32 Å². The molecule has 0 aliphatic heterocycles. The predicted molar refractivity (Wildman–Crippen MR) is 62.8 cm³/mol. The summed E-state index contributed by atoms with van der Waals surface area (Å²) in [5.74, 6) is -1.85. The summed E-state index contributed by atoms with van der Waals surface area (Å²) < 4.78 is 13.4. The van der Waals surface area contributed by atoms with Crippen LogP contribution in [0.15, 0.2) is 24.3 Å². The van der Waals surface area contributed by atoms with Gasteiger partial charge < -0.3 is 15.4 Å². The number of aromatic amines is 1. The zero-order valence-corrected chi connectivity index (χ0v) is 9.37. The number of carboxylic acids is 1. The van der Waals surface area contributed by atoms with Gasteiger partial charge in [-0.05, 0) is 18.2 Å². The van der Waals surface area contributed by atoms with Crippen molar-refractivity contribution < 1.29 is 19.1 Å². The van der Waals surface area contributed by atoms with Crippen molar-refractivity contribution >= 4 is 22.8 Å². The number of aliphatic carboxylic acids is 1. The largest absolute Gasteiger partial charge is 0.481 e. The van der Waals surface area contributed by atoms with Crippen molar-refractivity contribution in [3.05, 3.63) is 35.8 Å². The molecule has 1 heterocycles. The number of carboxylic acid groups (broad SMARTS) is 1. The molecule has 0 bridgehead atoms. The number of carbonyl (C=O) groups is 2. The van der Waals surface area contributed by atoms with Gasteiger partial charge in [0.05, 0.1) is 6.42 Å². The minimum atomic E-state index is -0.988. The lowest BCUT2D eigenvalue weighted by Gasteiger charge is -2.00. The Morgan fingerprint density at radius 2 is 2.17 bits per heavy atom. The van der Waals surface area contributed by atoms with Gasteiger partial charge in [0.15, 0.2) is 0 Å². The van der Waals surface area contributed by atoms with Crippen LogP contribution >= 0.6 is 0 Å². The fraction of sp³-hybridized carbons (Fsp3) is 0.167. The highest BCUT2D eigenvalue weighted by molar-refractivity contribution is 5.98. The number of benzene rings is 1. The van der Waals surface area contributed by atoms with Crippen LogP contribution in [0.4, 0.5) is 4.39 Å². The van der Waals surface area contributed by atoms with E-state index in [-0.39, 0.29) is 18.7 Å². The van der Waals surface area contributed by atoms with Crippen molar-refractivity contribution in [1.29, 1.82) is 0 Å². The molecule has 2 aromatic rings. The molecule has 0 atom stereocenters. The van der Waals surface area contributed by atoms with Gasteiger partial charge in [0.2, 0.25) is 0 Å². The van der Waals surface area contributed by atoms with Crippen LogP contribution in [0.1, 0.15) is 16.9 Å². The number of amides is 1. The Kier molecular flexibility index (Phi) is 3.27. The van der Waals surface area contributed by atoms with Crippen molar-refractivity contribution in [2.75, 3.05) is 6.54 Å². The maximum absolute atomic E-state index is 13.4. The second-order valence-corrected chi connectivity index (χ2v) is 3.78. The molecule has 3 N–H and O–H groups in total. The van der Waals surface area contributed by atoms with E-state index in [2.05, 4.69) is 10.3 Å². The average Bonchev–Trinajstić information content (AvgIpc) is 2.74. The van der Waals surface area contributed by atoms with Crippen molar-refractivity contribution in [2.24, 2.45) is 0 Å². The van der Waals surface area contributed by atoms with Crippen LogP contribution in [0.25, 0.3) is 10.9 Å². The number of carbonyl (C=O) groups excluding carboxylic acids is 1. The molecule has 0 saturated heterocycles. The van der Waals surface area contributed by atoms with Crippen LogP contribution in [-0.4, -0.2) is 28.5 Å². The van der Waals surface area contributed by atoms with E-state index in [1.165, 1.54) is 12.1 Å². The van der Waals surface area contributed by atoms with E-state index in [0.717, 1.165) is 0 Å². The molecule has 0 spiro atoms. The third-order valence-electron chi connectivity index (χ3n) is 2.48. The third-order valence-corrected chi connectivity index (χ3v) is 2.48. The molecule has 0 saturated carbocycles. The molecule has 0 radical (unpaired) electrons. The van der Waals surface area contributed by atoms with E-state index in [1.54, 1.807) is 12.1 Å². The predicted octanol–water partition coefficient (Wildman–Crippen LogP) is 1.51. The summed E-state index contributed by atoms with van der Waals surface area (Å²) in [7, 11) is 0. The van der Waals surface area contributed by atoms with Crippen LogP contribution in [0.2, 0.25) is 0 Å².